The molecule has 0 aromatic heterocycles. The van der Waals surface area contributed by atoms with E-state index in [9.17, 15) is 4.79 Å². The molecule has 0 radical (unpaired) electrons. The third-order valence-electron chi connectivity index (χ3n) is 4.42. The molecular formula is C14H24N2O3. The summed E-state index contributed by atoms with van der Waals surface area (Å²) in [6, 6.07) is 0.241. The van der Waals surface area contributed by atoms with E-state index in [2.05, 4.69) is 10.6 Å². The maximum Gasteiger partial charge on any atom is 0.222 e. The summed E-state index contributed by atoms with van der Waals surface area (Å²) in [6.07, 6.45) is 6.82. The van der Waals surface area contributed by atoms with Crippen molar-refractivity contribution in [2.45, 2.75) is 62.9 Å². The van der Waals surface area contributed by atoms with Gasteiger partial charge in [0.15, 0.2) is 0 Å². The van der Waals surface area contributed by atoms with E-state index in [4.69, 9.17) is 9.47 Å². The molecule has 19 heavy (non-hydrogen) atoms. The van der Waals surface area contributed by atoms with E-state index in [0.717, 1.165) is 45.2 Å². The number of nitrogens with one attached hydrogen (secondary N) is 2. The van der Waals surface area contributed by atoms with Gasteiger partial charge in [0, 0.05) is 6.42 Å². The lowest BCUT2D eigenvalue weighted by molar-refractivity contribution is -0.123. The van der Waals surface area contributed by atoms with Gasteiger partial charge in [-0.25, -0.2) is 0 Å². The largest absolute Gasteiger partial charge is 0.378 e. The van der Waals surface area contributed by atoms with Crippen LogP contribution in [0, 0.1) is 0 Å². The summed E-state index contributed by atoms with van der Waals surface area (Å²) in [5.74, 6) is 0.107. The molecule has 108 valence electrons. The van der Waals surface area contributed by atoms with Gasteiger partial charge in [0.05, 0.1) is 31.0 Å². The monoisotopic (exact) mass is 268 g/mol. The quantitative estimate of drug-likeness (QED) is 0.766. The fourth-order valence-corrected chi connectivity index (χ4v) is 3.35. The fraction of sp³-hybridized carbons (Fsp3) is 0.929. The molecule has 5 heteroatoms. The van der Waals surface area contributed by atoms with Gasteiger partial charge in [-0.05, 0) is 45.2 Å². The van der Waals surface area contributed by atoms with Crippen LogP contribution in [0.15, 0.2) is 0 Å². The Labute approximate surface area is 114 Å². The van der Waals surface area contributed by atoms with E-state index >= 15 is 0 Å². The van der Waals surface area contributed by atoms with Crippen LogP contribution in [0.3, 0.4) is 0 Å². The molecule has 3 aliphatic rings. The number of ether oxygens (including phenoxy) is 2. The van der Waals surface area contributed by atoms with E-state index in [-0.39, 0.29) is 18.1 Å². The van der Waals surface area contributed by atoms with E-state index in [1.165, 1.54) is 0 Å². The second kappa shape index (κ2) is 6.20. The highest BCUT2D eigenvalue weighted by atomic mass is 16.5. The van der Waals surface area contributed by atoms with Crippen molar-refractivity contribution in [3.05, 3.63) is 0 Å². The van der Waals surface area contributed by atoms with Crippen LogP contribution >= 0.6 is 0 Å². The van der Waals surface area contributed by atoms with E-state index in [1.54, 1.807) is 0 Å². The zero-order chi connectivity index (χ0) is 13.1. The number of hydrogen-bond acceptors (Lipinski definition) is 4. The van der Waals surface area contributed by atoms with Crippen molar-refractivity contribution in [3.63, 3.8) is 0 Å². The van der Waals surface area contributed by atoms with Crippen molar-refractivity contribution in [2.24, 2.45) is 0 Å². The van der Waals surface area contributed by atoms with Crippen LogP contribution in [-0.4, -0.2) is 50.0 Å². The van der Waals surface area contributed by atoms with Gasteiger partial charge in [0.1, 0.15) is 0 Å². The number of hydrogen-bond donors (Lipinski definition) is 2. The van der Waals surface area contributed by atoms with Gasteiger partial charge >= 0.3 is 0 Å². The Hall–Kier alpha value is -0.650. The summed E-state index contributed by atoms with van der Waals surface area (Å²) >= 11 is 0. The van der Waals surface area contributed by atoms with E-state index in [0.29, 0.717) is 25.2 Å². The summed E-state index contributed by atoms with van der Waals surface area (Å²) in [4.78, 5) is 11.9. The van der Waals surface area contributed by atoms with Gasteiger partial charge in [0.25, 0.3) is 0 Å². The molecule has 0 spiro atoms. The minimum Gasteiger partial charge on any atom is -0.378 e. The van der Waals surface area contributed by atoms with Gasteiger partial charge in [-0.1, -0.05) is 0 Å². The molecule has 3 atom stereocenters. The molecule has 3 heterocycles. The minimum atomic E-state index is 0.107. The van der Waals surface area contributed by atoms with Crippen LogP contribution in [0.1, 0.15) is 38.5 Å². The molecule has 3 saturated heterocycles. The second-order valence-corrected chi connectivity index (χ2v) is 5.85. The number of carbonyl (C=O) groups is 1. The van der Waals surface area contributed by atoms with Crippen molar-refractivity contribution in [2.75, 3.05) is 19.7 Å². The average molecular weight is 268 g/mol. The molecule has 0 aromatic carbocycles. The predicted molar refractivity (Wildman–Crippen MR) is 70.9 cm³/mol. The fourth-order valence-electron chi connectivity index (χ4n) is 3.35. The molecule has 3 unspecified atom stereocenters. The third kappa shape index (κ3) is 3.46. The third-order valence-corrected chi connectivity index (χ3v) is 4.42. The summed E-state index contributed by atoms with van der Waals surface area (Å²) in [7, 11) is 0. The van der Waals surface area contributed by atoms with Gasteiger partial charge < -0.3 is 20.1 Å². The molecule has 1 amide bonds. The van der Waals surface area contributed by atoms with E-state index in [1.807, 2.05) is 0 Å². The smallest absolute Gasteiger partial charge is 0.222 e. The zero-order valence-electron chi connectivity index (χ0n) is 11.4. The maximum absolute atomic E-state index is 11.9. The lowest BCUT2D eigenvalue weighted by Gasteiger charge is -2.23. The first-order valence-corrected chi connectivity index (χ1v) is 7.58. The first kappa shape index (κ1) is 13.3. The van der Waals surface area contributed by atoms with Gasteiger partial charge in [-0.15, -0.1) is 0 Å². The summed E-state index contributed by atoms with van der Waals surface area (Å²) in [5, 5.41) is 6.40. The molecule has 0 aromatic rings. The lowest BCUT2D eigenvalue weighted by Crippen LogP contribution is -2.41. The van der Waals surface area contributed by atoms with Crippen LogP contribution < -0.4 is 10.6 Å². The van der Waals surface area contributed by atoms with Crippen LogP contribution in [0.2, 0.25) is 0 Å². The number of piperidine rings is 1. The van der Waals surface area contributed by atoms with Crippen molar-refractivity contribution < 1.29 is 14.3 Å². The highest BCUT2D eigenvalue weighted by Gasteiger charge is 2.41. The number of fused-ring (bicyclic) bond motifs is 2. The van der Waals surface area contributed by atoms with Crippen LogP contribution in [0.5, 0.6) is 0 Å². The first-order valence-electron chi connectivity index (χ1n) is 7.58. The highest BCUT2D eigenvalue weighted by molar-refractivity contribution is 5.76. The van der Waals surface area contributed by atoms with Gasteiger partial charge in [0.2, 0.25) is 5.91 Å². The summed E-state index contributed by atoms with van der Waals surface area (Å²) in [6.45, 7) is 2.59. The predicted octanol–water partition coefficient (Wildman–Crippen LogP) is 0.581. The zero-order valence-corrected chi connectivity index (χ0v) is 11.4. The topological polar surface area (TPSA) is 59.6 Å². The number of carbonyl (C=O) groups excluding carboxylic acids is 1. The molecule has 3 fully saturated rings. The summed E-state index contributed by atoms with van der Waals surface area (Å²) < 4.78 is 11.5. The minimum absolute atomic E-state index is 0.107. The highest BCUT2D eigenvalue weighted by Crippen LogP contribution is 2.34. The Morgan fingerprint density at radius 1 is 1.26 bits per heavy atom. The molecule has 3 rings (SSSR count). The van der Waals surface area contributed by atoms with Crippen LogP contribution in [0.25, 0.3) is 0 Å². The van der Waals surface area contributed by atoms with Crippen molar-refractivity contribution in [1.29, 1.82) is 0 Å². The maximum atomic E-state index is 11.9. The molecule has 0 saturated carbocycles. The van der Waals surface area contributed by atoms with Crippen LogP contribution in [-0.2, 0) is 14.3 Å². The normalized spacial score (nSPS) is 34.6. The average Bonchev–Trinajstić information content (AvgIpc) is 3.02. The molecular weight excluding hydrogens is 244 g/mol. The SMILES string of the molecule is O=C(CCOC1CCNCC1)NC1CC2CCC1O2. The Morgan fingerprint density at radius 2 is 2.11 bits per heavy atom. The molecule has 2 bridgehead atoms. The number of amides is 1. The van der Waals surface area contributed by atoms with Gasteiger partial charge in [-0.3, -0.25) is 4.79 Å². The molecule has 3 aliphatic heterocycles. The Morgan fingerprint density at radius 3 is 2.79 bits per heavy atom. The molecule has 2 N–H and O–H groups in total. The Balaban J connectivity index is 1.31. The van der Waals surface area contributed by atoms with E-state index < -0.39 is 0 Å². The lowest BCUT2D eigenvalue weighted by atomic mass is 9.95. The Bertz CT molecular complexity index is 318. The molecule has 0 aliphatic carbocycles. The molecule has 5 nitrogen and oxygen atoms in total. The number of rotatable bonds is 5. The van der Waals surface area contributed by atoms with Crippen LogP contribution in [0.4, 0.5) is 0 Å². The van der Waals surface area contributed by atoms with Crippen molar-refractivity contribution >= 4 is 5.91 Å². The van der Waals surface area contributed by atoms with Crippen molar-refractivity contribution in [3.8, 4) is 0 Å². The summed E-state index contributed by atoms with van der Waals surface area (Å²) in [5.41, 5.74) is 0. The standard InChI is InChI=1S/C14H24N2O3/c17-14(5-8-18-10-3-6-15-7-4-10)16-12-9-11-1-2-13(12)19-11/h10-13,15H,1-9H2,(H,16,17). The van der Waals surface area contributed by atoms with Gasteiger partial charge in [-0.2, -0.15) is 0 Å². The second-order valence-electron chi connectivity index (χ2n) is 5.85. The van der Waals surface area contributed by atoms with Crippen molar-refractivity contribution in [1.82, 2.24) is 10.6 Å². The first-order chi connectivity index (χ1) is 9.31. The Kier molecular flexibility index (Phi) is 4.35.